The first kappa shape index (κ1) is 21.4. The van der Waals surface area contributed by atoms with Gasteiger partial charge in [-0.1, -0.05) is 36.4 Å². The fourth-order valence-electron chi connectivity index (χ4n) is 4.22. The maximum absolute atomic E-state index is 13.5. The van der Waals surface area contributed by atoms with E-state index in [9.17, 15) is 9.59 Å². The summed E-state index contributed by atoms with van der Waals surface area (Å²) in [4.78, 5) is 39.6. The Morgan fingerprint density at radius 3 is 2.64 bits per heavy atom. The van der Waals surface area contributed by atoms with E-state index in [0.29, 0.717) is 33.8 Å². The fourth-order valence-corrected chi connectivity index (χ4v) is 4.22. The van der Waals surface area contributed by atoms with Gasteiger partial charge in [0.25, 0.3) is 11.5 Å². The zero-order chi connectivity index (χ0) is 24.5. The highest BCUT2D eigenvalue weighted by molar-refractivity contribution is 6.06. The molecule has 6 rings (SSSR count). The Morgan fingerprint density at radius 1 is 0.889 bits per heavy atom. The topological polar surface area (TPSA) is 94.7 Å². The Morgan fingerprint density at radius 2 is 1.78 bits per heavy atom. The molecule has 1 N–H and O–H groups in total. The van der Waals surface area contributed by atoms with Gasteiger partial charge in [0.15, 0.2) is 5.65 Å². The van der Waals surface area contributed by atoms with Crippen LogP contribution in [0.3, 0.4) is 0 Å². The van der Waals surface area contributed by atoms with Gasteiger partial charge in [0.2, 0.25) is 0 Å². The van der Waals surface area contributed by atoms with Crippen molar-refractivity contribution >= 4 is 33.5 Å². The Labute approximate surface area is 205 Å². The molecule has 3 heterocycles. The molecule has 3 aromatic carbocycles. The van der Waals surface area contributed by atoms with Crippen molar-refractivity contribution in [1.82, 2.24) is 24.1 Å². The number of pyridine rings is 1. The van der Waals surface area contributed by atoms with Crippen LogP contribution in [0.15, 0.2) is 109 Å². The first-order valence-corrected chi connectivity index (χ1v) is 11.4. The van der Waals surface area contributed by atoms with Gasteiger partial charge in [0, 0.05) is 29.8 Å². The zero-order valence-corrected chi connectivity index (χ0v) is 19.1. The molecule has 0 saturated carbocycles. The summed E-state index contributed by atoms with van der Waals surface area (Å²) < 4.78 is 3.32. The first-order valence-electron chi connectivity index (χ1n) is 11.4. The van der Waals surface area contributed by atoms with E-state index in [0.717, 1.165) is 10.8 Å². The molecule has 0 bridgehead atoms. The van der Waals surface area contributed by atoms with E-state index < -0.39 is 0 Å². The predicted octanol–water partition coefficient (Wildman–Crippen LogP) is 4.43. The molecule has 0 radical (unpaired) electrons. The van der Waals surface area contributed by atoms with Crippen molar-refractivity contribution in [2.24, 2.45) is 0 Å². The third-order valence-corrected chi connectivity index (χ3v) is 5.95. The molecule has 0 unspecified atom stereocenters. The van der Waals surface area contributed by atoms with E-state index >= 15 is 0 Å². The number of imidazole rings is 1. The minimum absolute atomic E-state index is 0.233. The minimum Gasteiger partial charge on any atom is -0.331 e. The van der Waals surface area contributed by atoms with Crippen LogP contribution >= 0.6 is 0 Å². The SMILES string of the molecule is O=C(Nc1cccc(-n2c(=O)c(Cn3ccnc3)nc3cccnc32)c1)c1ccc2ccccc2c1. The van der Waals surface area contributed by atoms with Crippen LogP contribution in [0.2, 0.25) is 0 Å². The van der Waals surface area contributed by atoms with Gasteiger partial charge < -0.3 is 9.88 Å². The van der Waals surface area contributed by atoms with Gasteiger partial charge in [0.05, 0.1) is 18.6 Å². The summed E-state index contributed by atoms with van der Waals surface area (Å²) in [5.41, 5.74) is 2.80. The van der Waals surface area contributed by atoms with Gasteiger partial charge in [-0.3, -0.25) is 14.2 Å². The predicted molar refractivity (Wildman–Crippen MR) is 138 cm³/mol. The average molecular weight is 473 g/mol. The number of benzene rings is 3. The van der Waals surface area contributed by atoms with Gasteiger partial charge in [-0.25, -0.2) is 15.0 Å². The Hall–Kier alpha value is -5.11. The van der Waals surface area contributed by atoms with Gasteiger partial charge in [-0.05, 0) is 53.2 Å². The largest absolute Gasteiger partial charge is 0.331 e. The summed E-state index contributed by atoms with van der Waals surface area (Å²) in [5, 5.41) is 5.01. The highest BCUT2D eigenvalue weighted by atomic mass is 16.1. The maximum atomic E-state index is 13.5. The smallest absolute Gasteiger partial charge is 0.280 e. The van der Waals surface area contributed by atoms with Crippen molar-refractivity contribution in [2.45, 2.75) is 6.54 Å². The van der Waals surface area contributed by atoms with E-state index in [1.165, 1.54) is 4.57 Å². The number of anilines is 1. The van der Waals surface area contributed by atoms with Crippen LogP contribution in [0.1, 0.15) is 16.1 Å². The second-order valence-electron chi connectivity index (χ2n) is 8.35. The maximum Gasteiger partial charge on any atom is 0.280 e. The van der Waals surface area contributed by atoms with Gasteiger partial charge in [-0.15, -0.1) is 0 Å². The summed E-state index contributed by atoms with van der Waals surface area (Å²) in [6.45, 7) is 0.280. The highest BCUT2D eigenvalue weighted by Gasteiger charge is 2.15. The molecule has 0 aliphatic rings. The van der Waals surface area contributed by atoms with Crippen LogP contribution in [0.5, 0.6) is 0 Å². The van der Waals surface area contributed by atoms with E-state index in [4.69, 9.17) is 0 Å². The fraction of sp³-hybridized carbons (Fsp3) is 0.0357. The molecule has 0 fully saturated rings. The summed E-state index contributed by atoms with van der Waals surface area (Å²) in [7, 11) is 0. The number of amides is 1. The van der Waals surface area contributed by atoms with E-state index in [1.54, 1.807) is 59.8 Å². The molecule has 8 nitrogen and oxygen atoms in total. The van der Waals surface area contributed by atoms with E-state index in [-0.39, 0.29) is 18.0 Å². The molecule has 0 spiro atoms. The van der Waals surface area contributed by atoms with Crippen molar-refractivity contribution in [3.05, 3.63) is 125 Å². The molecule has 36 heavy (non-hydrogen) atoms. The van der Waals surface area contributed by atoms with Gasteiger partial charge in [-0.2, -0.15) is 0 Å². The monoisotopic (exact) mass is 472 g/mol. The van der Waals surface area contributed by atoms with Crippen LogP contribution in [0.25, 0.3) is 27.6 Å². The number of nitrogens with zero attached hydrogens (tertiary/aromatic N) is 5. The molecular formula is C28H20N6O2. The summed E-state index contributed by atoms with van der Waals surface area (Å²) in [6.07, 6.45) is 6.70. The lowest BCUT2D eigenvalue weighted by Crippen LogP contribution is -2.26. The number of aromatic nitrogens is 5. The number of nitrogens with one attached hydrogen (secondary N) is 1. The molecule has 1 amide bonds. The Balaban J connectivity index is 1.38. The molecule has 0 saturated heterocycles. The highest BCUT2D eigenvalue weighted by Crippen LogP contribution is 2.20. The third-order valence-electron chi connectivity index (χ3n) is 5.95. The lowest BCUT2D eigenvalue weighted by atomic mass is 10.1. The number of hydrogen-bond donors (Lipinski definition) is 1. The zero-order valence-electron chi connectivity index (χ0n) is 19.1. The lowest BCUT2D eigenvalue weighted by Gasteiger charge is -2.13. The van der Waals surface area contributed by atoms with Crippen LogP contribution in [-0.4, -0.2) is 30.0 Å². The Kier molecular flexibility index (Phi) is 5.31. The number of fused-ring (bicyclic) bond motifs is 2. The molecule has 0 aliphatic heterocycles. The second kappa shape index (κ2) is 8.92. The number of carbonyl (C=O) groups is 1. The normalized spacial score (nSPS) is 11.1. The molecule has 174 valence electrons. The lowest BCUT2D eigenvalue weighted by molar-refractivity contribution is 0.102. The van der Waals surface area contributed by atoms with E-state index in [2.05, 4.69) is 20.3 Å². The second-order valence-corrected chi connectivity index (χ2v) is 8.35. The first-order chi connectivity index (χ1) is 17.7. The molecular weight excluding hydrogens is 452 g/mol. The van der Waals surface area contributed by atoms with Crippen molar-refractivity contribution in [2.75, 3.05) is 5.32 Å². The van der Waals surface area contributed by atoms with Gasteiger partial charge in [0.1, 0.15) is 11.2 Å². The summed E-state index contributed by atoms with van der Waals surface area (Å²) in [5.74, 6) is -0.233. The molecule has 8 heteroatoms. The number of hydrogen-bond acceptors (Lipinski definition) is 5. The van der Waals surface area contributed by atoms with Crippen LogP contribution in [-0.2, 0) is 6.54 Å². The molecule has 0 atom stereocenters. The van der Waals surface area contributed by atoms with Crippen LogP contribution in [0, 0.1) is 0 Å². The van der Waals surface area contributed by atoms with Crippen molar-refractivity contribution < 1.29 is 4.79 Å². The minimum atomic E-state index is -0.284. The van der Waals surface area contributed by atoms with Crippen molar-refractivity contribution in [3.63, 3.8) is 0 Å². The van der Waals surface area contributed by atoms with Crippen LogP contribution in [0.4, 0.5) is 5.69 Å². The molecule has 3 aromatic heterocycles. The molecule has 6 aromatic rings. The average Bonchev–Trinajstić information content (AvgIpc) is 3.42. The number of carbonyl (C=O) groups excluding carboxylic acids is 1. The number of rotatable bonds is 5. The van der Waals surface area contributed by atoms with Crippen molar-refractivity contribution in [3.8, 4) is 5.69 Å². The van der Waals surface area contributed by atoms with Gasteiger partial charge >= 0.3 is 0 Å². The van der Waals surface area contributed by atoms with Crippen LogP contribution < -0.4 is 10.9 Å². The van der Waals surface area contributed by atoms with Crippen molar-refractivity contribution in [1.29, 1.82) is 0 Å². The standard InChI is InChI=1S/C28H20N6O2/c35-27(21-11-10-19-5-1-2-6-20(19)15-21)31-22-7-3-8-23(16-22)34-26-24(9-4-12-30-26)32-25(28(34)36)17-33-14-13-29-18-33/h1-16,18H,17H2,(H,31,35). The van der Waals surface area contributed by atoms with E-state index in [1.807, 2.05) is 48.5 Å². The third kappa shape index (κ3) is 4.01. The Bertz CT molecular complexity index is 1790. The summed E-state index contributed by atoms with van der Waals surface area (Å²) in [6, 6.07) is 24.2. The summed E-state index contributed by atoms with van der Waals surface area (Å²) >= 11 is 0. The quantitative estimate of drug-likeness (QED) is 0.401. The molecule has 0 aliphatic carbocycles.